The van der Waals surface area contributed by atoms with E-state index in [4.69, 9.17) is 7.55 Å². The summed E-state index contributed by atoms with van der Waals surface area (Å²) < 4.78 is 11.0. The number of rotatable bonds is 2. The third kappa shape index (κ3) is 3.52. The van der Waals surface area contributed by atoms with Crippen LogP contribution in [-0.4, -0.2) is 5.60 Å². The van der Waals surface area contributed by atoms with Crippen molar-refractivity contribution in [2.45, 2.75) is 26.4 Å². The van der Waals surface area contributed by atoms with E-state index in [-0.39, 0.29) is 5.60 Å². The van der Waals surface area contributed by atoms with Crippen molar-refractivity contribution in [3.63, 3.8) is 0 Å². The number of benzene rings is 1. The van der Waals surface area contributed by atoms with Gasteiger partial charge in [0, 0.05) is 0 Å². The first-order valence-electron chi connectivity index (χ1n) is 4.14. The van der Waals surface area contributed by atoms with Crippen molar-refractivity contribution in [1.82, 2.24) is 0 Å². The molecule has 0 atom stereocenters. The van der Waals surface area contributed by atoms with Crippen LogP contribution >= 0.6 is 0 Å². The monoisotopic (exact) mass is 255 g/mol. The van der Waals surface area contributed by atoms with E-state index in [1.807, 2.05) is 45.0 Å². The Bertz CT molecular complexity index is 278. The second-order valence-corrected chi connectivity index (χ2v) is 4.26. The van der Waals surface area contributed by atoms with Gasteiger partial charge in [0.25, 0.3) is 0 Å². The van der Waals surface area contributed by atoms with E-state index in [1.165, 1.54) is 0 Å². The second-order valence-electron chi connectivity index (χ2n) is 3.76. The Kier molecular flexibility index (Phi) is 3.55. The van der Waals surface area contributed by atoms with Gasteiger partial charge in [-0.05, 0) is 0 Å². The summed E-state index contributed by atoms with van der Waals surface area (Å²) in [5.74, 6) is 1.63. The molecule has 0 N–H and O–H groups in total. The molecule has 0 spiro atoms. The molecule has 2 nitrogen and oxygen atoms in total. The molecular formula is C10H13O2Zr. The zero-order valence-corrected chi connectivity index (χ0v) is 10.6. The summed E-state index contributed by atoms with van der Waals surface area (Å²) in [6.45, 7) is 6.06. The predicted molar refractivity (Wildman–Crippen MR) is 47.5 cm³/mol. The van der Waals surface area contributed by atoms with Crippen LogP contribution in [-0.2, 0) is 25.2 Å². The Balaban J connectivity index is 2.87. The van der Waals surface area contributed by atoms with Crippen molar-refractivity contribution in [2.75, 3.05) is 0 Å². The van der Waals surface area contributed by atoms with E-state index in [1.54, 1.807) is 0 Å². The van der Waals surface area contributed by atoms with Gasteiger partial charge < -0.3 is 0 Å². The standard InChI is InChI=1S/C10H14O2.Zr/c1-10(2,3)12-9-7-5-4-6-8(9)11;/h4-7,11H,1-3H3;/q;+1/p-1. The first-order valence-corrected chi connectivity index (χ1v) is 5.15. The molecule has 69 valence electrons. The third-order valence-corrected chi connectivity index (χ3v) is 1.92. The number of para-hydroxylation sites is 2. The molecule has 0 aliphatic carbocycles. The molecule has 13 heavy (non-hydrogen) atoms. The van der Waals surface area contributed by atoms with Crippen molar-refractivity contribution < 1.29 is 32.7 Å². The average Bonchev–Trinajstić information content (AvgIpc) is 2.02. The molecule has 3 heteroatoms. The van der Waals surface area contributed by atoms with Crippen LogP contribution in [0.1, 0.15) is 20.8 Å². The predicted octanol–water partition coefficient (Wildman–Crippen LogP) is 2.70. The molecule has 1 rings (SSSR count). The summed E-state index contributed by atoms with van der Waals surface area (Å²) in [6.07, 6.45) is 0. The van der Waals surface area contributed by atoms with Crippen molar-refractivity contribution in [3.8, 4) is 11.5 Å². The van der Waals surface area contributed by atoms with Crippen LogP contribution in [0.3, 0.4) is 0 Å². The minimum atomic E-state index is -0.176. The first kappa shape index (κ1) is 10.8. The zero-order chi connectivity index (χ0) is 9.90. The first-order chi connectivity index (χ1) is 6.03. The fraction of sp³-hybridized carbons (Fsp3) is 0.400. The Morgan fingerprint density at radius 2 is 1.62 bits per heavy atom. The molecule has 0 radical (unpaired) electrons. The van der Waals surface area contributed by atoms with E-state index in [0.717, 1.165) is 36.7 Å². The van der Waals surface area contributed by atoms with Crippen LogP contribution in [0.2, 0.25) is 0 Å². The van der Waals surface area contributed by atoms with Crippen molar-refractivity contribution in [2.24, 2.45) is 0 Å². The van der Waals surface area contributed by atoms with Crippen molar-refractivity contribution in [1.29, 1.82) is 0 Å². The van der Waals surface area contributed by atoms with Gasteiger partial charge >= 0.3 is 94.8 Å². The van der Waals surface area contributed by atoms with Crippen LogP contribution in [0.5, 0.6) is 11.5 Å². The van der Waals surface area contributed by atoms with E-state index >= 15 is 0 Å². The molecule has 0 unspecified atom stereocenters. The van der Waals surface area contributed by atoms with Gasteiger partial charge in [0.1, 0.15) is 0 Å². The molecule has 0 saturated carbocycles. The molecule has 0 aromatic heterocycles. The summed E-state index contributed by atoms with van der Waals surface area (Å²) >= 11 is 1.02. The molecule has 0 aliphatic rings. The number of hydrogen-bond donors (Lipinski definition) is 0. The van der Waals surface area contributed by atoms with Crippen LogP contribution in [0.15, 0.2) is 24.3 Å². The van der Waals surface area contributed by atoms with Crippen molar-refractivity contribution in [3.05, 3.63) is 24.3 Å². The van der Waals surface area contributed by atoms with E-state index in [9.17, 15) is 0 Å². The van der Waals surface area contributed by atoms with E-state index < -0.39 is 0 Å². The zero-order valence-electron chi connectivity index (χ0n) is 8.13. The molecule has 0 heterocycles. The summed E-state index contributed by atoms with van der Waals surface area (Å²) in [6, 6.07) is 7.72. The molecule has 0 amide bonds. The van der Waals surface area contributed by atoms with Crippen LogP contribution in [0.25, 0.3) is 0 Å². The Labute approximate surface area is 94.7 Å². The molecule has 0 bridgehead atoms. The van der Waals surface area contributed by atoms with E-state index in [0.29, 0.717) is 0 Å². The normalized spacial score (nSPS) is 10.9. The number of hydrogen-bond acceptors (Lipinski definition) is 2. The summed E-state index contributed by atoms with van der Waals surface area (Å²) in [4.78, 5) is 0. The van der Waals surface area contributed by atoms with Gasteiger partial charge in [0.05, 0.1) is 0 Å². The third-order valence-electron chi connectivity index (χ3n) is 1.38. The van der Waals surface area contributed by atoms with Gasteiger partial charge in [-0.3, -0.25) is 0 Å². The van der Waals surface area contributed by atoms with Gasteiger partial charge in [-0.25, -0.2) is 0 Å². The quantitative estimate of drug-likeness (QED) is 0.810. The van der Waals surface area contributed by atoms with Crippen LogP contribution in [0, 0.1) is 0 Å². The van der Waals surface area contributed by atoms with Gasteiger partial charge in [-0.2, -0.15) is 0 Å². The fourth-order valence-corrected chi connectivity index (χ4v) is 1.36. The average molecular weight is 256 g/mol. The fourth-order valence-electron chi connectivity index (χ4n) is 0.949. The minimum absolute atomic E-state index is 0.176. The maximum atomic E-state index is 5.71. The molecule has 0 aliphatic heterocycles. The second kappa shape index (κ2) is 4.28. The summed E-state index contributed by atoms with van der Waals surface area (Å²) in [5, 5.41) is 0. The van der Waals surface area contributed by atoms with E-state index in [2.05, 4.69) is 0 Å². The van der Waals surface area contributed by atoms with Crippen LogP contribution < -0.4 is 7.55 Å². The summed E-state index contributed by atoms with van der Waals surface area (Å²) in [5.41, 5.74) is -0.176. The Morgan fingerprint density at radius 1 is 1.08 bits per heavy atom. The Hall–Kier alpha value is -0.297. The van der Waals surface area contributed by atoms with Crippen LogP contribution in [0.4, 0.5) is 0 Å². The molecular weight excluding hydrogens is 243 g/mol. The topological polar surface area (TPSA) is 18.5 Å². The SMILES string of the molecule is CC(C)(C)Oc1ccccc1[O][Zr]. The number of ether oxygens (including phenoxy) is 1. The van der Waals surface area contributed by atoms with Gasteiger partial charge in [-0.1, -0.05) is 0 Å². The van der Waals surface area contributed by atoms with Gasteiger partial charge in [0.2, 0.25) is 0 Å². The van der Waals surface area contributed by atoms with Gasteiger partial charge in [-0.15, -0.1) is 0 Å². The molecule has 1 aromatic rings. The molecule has 0 saturated heterocycles. The summed E-state index contributed by atoms with van der Waals surface area (Å²) in [7, 11) is 0. The van der Waals surface area contributed by atoms with Gasteiger partial charge in [0.15, 0.2) is 0 Å². The van der Waals surface area contributed by atoms with Crippen molar-refractivity contribution >= 4 is 0 Å². The Morgan fingerprint density at radius 3 is 2.08 bits per heavy atom. The molecule has 0 fully saturated rings. The maximum absolute atomic E-state index is 5.71. The molecule has 1 aromatic carbocycles.